The highest BCUT2D eigenvalue weighted by molar-refractivity contribution is 9.11. The molecule has 33 heavy (non-hydrogen) atoms. The molecule has 0 aliphatic heterocycles. The Morgan fingerprint density at radius 2 is 1.67 bits per heavy atom. The lowest BCUT2D eigenvalue weighted by Crippen LogP contribution is -2.49. The van der Waals surface area contributed by atoms with Gasteiger partial charge in [0.1, 0.15) is 11.8 Å². The highest BCUT2D eigenvalue weighted by atomic mass is 79.9. The fraction of sp³-hybridized carbons (Fsp3) is 0.308. The van der Waals surface area contributed by atoms with E-state index >= 15 is 0 Å². The van der Waals surface area contributed by atoms with E-state index in [1.807, 2.05) is 74.5 Å². The number of ether oxygens (including phenoxy) is 1. The highest BCUT2D eigenvalue weighted by Crippen LogP contribution is 2.33. The quantitative estimate of drug-likeness (QED) is 0.344. The zero-order valence-corrected chi connectivity index (χ0v) is 22.1. The van der Waals surface area contributed by atoms with Gasteiger partial charge in [-0.3, -0.25) is 9.59 Å². The van der Waals surface area contributed by atoms with Gasteiger partial charge in [0.25, 0.3) is 5.91 Å². The average Bonchev–Trinajstić information content (AvgIpc) is 2.81. The molecule has 3 aromatic carbocycles. The van der Waals surface area contributed by atoms with Gasteiger partial charge < -0.3 is 15.0 Å². The molecule has 0 saturated heterocycles. The Bertz CT molecular complexity index is 1120. The van der Waals surface area contributed by atoms with Crippen molar-refractivity contribution in [3.63, 3.8) is 0 Å². The molecule has 0 aromatic heterocycles. The van der Waals surface area contributed by atoms with Crippen LogP contribution in [0, 0.1) is 5.92 Å². The van der Waals surface area contributed by atoms with Gasteiger partial charge in [0.2, 0.25) is 5.91 Å². The summed E-state index contributed by atoms with van der Waals surface area (Å²) in [4.78, 5) is 27.6. The first-order valence-electron chi connectivity index (χ1n) is 10.9. The molecule has 0 radical (unpaired) electrons. The molecular weight excluding hydrogens is 548 g/mol. The first-order valence-corrected chi connectivity index (χ1v) is 12.5. The zero-order chi connectivity index (χ0) is 24.0. The van der Waals surface area contributed by atoms with Crippen molar-refractivity contribution >= 4 is 54.4 Å². The van der Waals surface area contributed by atoms with Crippen molar-refractivity contribution in [3.05, 3.63) is 75.2 Å². The van der Waals surface area contributed by atoms with Crippen LogP contribution < -0.4 is 10.1 Å². The van der Waals surface area contributed by atoms with Gasteiger partial charge in [-0.1, -0.05) is 72.2 Å². The normalized spacial score (nSPS) is 11.9. The van der Waals surface area contributed by atoms with E-state index in [0.717, 1.165) is 25.3 Å². The fourth-order valence-electron chi connectivity index (χ4n) is 3.37. The molecule has 0 fully saturated rings. The molecule has 0 saturated carbocycles. The number of fused-ring (bicyclic) bond motifs is 1. The lowest BCUT2D eigenvalue weighted by atomic mass is 10.1. The van der Waals surface area contributed by atoms with Gasteiger partial charge in [-0.15, -0.1) is 0 Å². The Balaban J connectivity index is 1.77. The van der Waals surface area contributed by atoms with Crippen LogP contribution in [-0.4, -0.2) is 35.9 Å². The van der Waals surface area contributed by atoms with Crippen molar-refractivity contribution in [2.24, 2.45) is 5.92 Å². The predicted molar refractivity (Wildman–Crippen MR) is 139 cm³/mol. The van der Waals surface area contributed by atoms with Crippen LogP contribution in [0.4, 0.5) is 0 Å². The molecule has 0 aliphatic carbocycles. The molecular formula is C26H28Br2N2O3. The summed E-state index contributed by atoms with van der Waals surface area (Å²) in [5.41, 5.74) is 0.932. The van der Waals surface area contributed by atoms with Crippen molar-refractivity contribution < 1.29 is 14.3 Å². The number of nitrogens with zero attached hydrogens (tertiary/aromatic N) is 1. The van der Waals surface area contributed by atoms with Crippen molar-refractivity contribution in [1.29, 1.82) is 0 Å². The van der Waals surface area contributed by atoms with Crippen molar-refractivity contribution in [2.45, 2.75) is 33.4 Å². The third-order valence-corrected chi connectivity index (χ3v) is 6.64. The maximum Gasteiger partial charge on any atom is 0.261 e. The molecule has 3 rings (SSSR count). The van der Waals surface area contributed by atoms with E-state index in [9.17, 15) is 9.59 Å². The topological polar surface area (TPSA) is 58.6 Å². The molecule has 5 nitrogen and oxygen atoms in total. The van der Waals surface area contributed by atoms with Gasteiger partial charge in [-0.25, -0.2) is 0 Å². The molecule has 0 spiro atoms. The van der Waals surface area contributed by atoms with E-state index in [1.54, 1.807) is 11.8 Å². The summed E-state index contributed by atoms with van der Waals surface area (Å²) in [7, 11) is 0. The van der Waals surface area contributed by atoms with Gasteiger partial charge in [0.15, 0.2) is 6.61 Å². The van der Waals surface area contributed by atoms with Crippen molar-refractivity contribution in [3.8, 4) is 5.75 Å². The standard InChI is InChI=1S/C26H28Br2N2O3/c1-17(2)14-29-26(32)18(3)30(15-19-8-11-21(27)12-9-19)24(31)16-33-23-13-10-20-6-4-5-7-22(20)25(23)28/h4-13,17-18H,14-16H2,1-3H3,(H,29,32)/t18-/m0/s1. The van der Waals surface area contributed by atoms with Crippen molar-refractivity contribution in [2.75, 3.05) is 13.2 Å². The molecule has 2 amide bonds. The molecule has 7 heteroatoms. The summed E-state index contributed by atoms with van der Waals surface area (Å²) >= 11 is 7.03. The van der Waals surface area contributed by atoms with E-state index < -0.39 is 6.04 Å². The maximum atomic E-state index is 13.2. The summed E-state index contributed by atoms with van der Waals surface area (Å²) < 4.78 is 7.65. The first kappa shape index (κ1) is 25.2. The van der Waals surface area contributed by atoms with E-state index in [4.69, 9.17) is 4.74 Å². The molecule has 0 unspecified atom stereocenters. The van der Waals surface area contributed by atoms with E-state index in [1.165, 1.54) is 0 Å². The van der Waals surface area contributed by atoms with Crippen LogP contribution in [0.3, 0.4) is 0 Å². The number of carbonyl (C=O) groups excluding carboxylic acids is 2. The molecule has 174 valence electrons. The number of amides is 2. The van der Waals surface area contributed by atoms with Gasteiger partial charge in [-0.2, -0.15) is 0 Å². The van der Waals surface area contributed by atoms with Crippen LogP contribution in [0.2, 0.25) is 0 Å². The Labute approximate surface area is 211 Å². The van der Waals surface area contributed by atoms with E-state index in [2.05, 4.69) is 37.2 Å². The highest BCUT2D eigenvalue weighted by Gasteiger charge is 2.26. The lowest BCUT2D eigenvalue weighted by molar-refractivity contribution is -0.142. The Morgan fingerprint density at radius 1 is 0.970 bits per heavy atom. The number of nitrogens with one attached hydrogen (secondary N) is 1. The minimum atomic E-state index is -0.636. The number of carbonyl (C=O) groups is 2. The third kappa shape index (κ3) is 6.81. The number of hydrogen-bond donors (Lipinski definition) is 1. The molecule has 0 aliphatic rings. The molecule has 3 aromatic rings. The summed E-state index contributed by atoms with van der Waals surface area (Å²) in [6, 6.07) is 18.8. The molecule has 0 heterocycles. The summed E-state index contributed by atoms with van der Waals surface area (Å²) in [6.45, 7) is 6.51. The minimum Gasteiger partial charge on any atom is -0.483 e. The Morgan fingerprint density at radius 3 is 2.36 bits per heavy atom. The number of hydrogen-bond acceptors (Lipinski definition) is 3. The SMILES string of the molecule is CC(C)CNC(=O)[C@H](C)N(Cc1ccc(Br)cc1)C(=O)COc1ccc2ccccc2c1Br. The third-order valence-electron chi connectivity index (χ3n) is 5.30. The van der Waals surface area contributed by atoms with Crippen LogP contribution in [-0.2, 0) is 16.1 Å². The van der Waals surface area contributed by atoms with E-state index in [0.29, 0.717) is 24.8 Å². The average molecular weight is 576 g/mol. The zero-order valence-electron chi connectivity index (χ0n) is 19.0. The van der Waals surface area contributed by atoms with Crippen LogP contribution in [0.1, 0.15) is 26.3 Å². The Kier molecular flexibility index (Phi) is 8.92. The second-order valence-electron chi connectivity index (χ2n) is 8.35. The molecule has 1 atom stereocenters. The first-order chi connectivity index (χ1) is 15.8. The second kappa shape index (κ2) is 11.7. The van der Waals surface area contributed by atoms with Crippen LogP contribution >= 0.6 is 31.9 Å². The smallest absolute Gasteiger partial charge is 0.261 e. The number of rotatable bonds is 9. The lowest BCUT2D eigenvalue weighted by Gasteiger charge is -2.29. The fourth-order valence-corrected chi connectivity index (χ4v) is 4.24. The van der Waals surface area contributed by atoms with Gasteiger partial charge in [0, 0.05) is 17.6 Å². The molecule has 0 bridgehead atoms. The second-order valence-corrected chi connectivity index (χ2v) is 10.1. The largest absolute Gasteiger partial charge is 0.483 e. The summed E-state index contributed by atoms with van der Waals surface area (Å²) in [6.07, 6.45) is 0. The summed E-state index contributed by atoms with van der Waals surface area (Å²) in [5, 5.41) is 5.02. The van der Waals surface area contributed by atoms with Gasteiger partial charge >= 0.3 is 0 Å². The Hall–Kier alpha value is -2.38. The monoisotopic (exact) mass is 574 g/mol. The predicted octanol–water partition coefficient (Wildman–Crippen LogP) is 5.93. The van der Waals surface area contributed by atoms with Crippen LogP contribution in [0.25, 0.3) is 10.8 Å². The number of benzene rings is 3. The van der Waals surface area contributed by atoms with Gasteiger partial charge in [0.05, 0.1) is 4.47 Å². The van der Waals surface area contributed by atoms with Crippen molar-refractivity contribution in [1.82, 2.24) is 10.2 Å². The molecule has 1 N–H and O–H groups in total. The number of halogens is 2. The minimum absolute atomic E-state index is 0.171. The van der Waals surface area contributed by atoms with Crippen LogP contribution in [0.15, 0.2) is 69.6 Å². The van der Waals surface area contributed by atoms with Crippen LogP contribution in [0.5, 0.6) is 5.75 Å². The maximum absolute atomic E-state index is 13.2. The van der Waals surface area contributed by atoms with Gasteiger partial charge in [-0.05, 0) is 63.3 Å². The summed E-state index contributed by atoms with van der Waals surface area (Å²) in [5.74, 6) is 0.471. The van der Waals surface area contributed by atoms with E-state index in [-0.39, 0.29) is 18.4 Å².